The third-order valence-corrected chi connectivity index (χ3v) is 3.77. The molecule has 2 aromatic carbocycles. The van der Waals surface area contributed by atoms with Crippen LogP contribution in [0.3, 0.4) is 0 Å². The average Bonchev–Trinajstić information content (AvgIpc) is 2.51. The molecule has 0 saturated heterocycles. The first-order valence-corrected chi connectivity index (χ1v) is 7.33. The minimum Gasteiger partial charge on any atom is -0.468 e. The van der Waals surface area contributed by atoms with Gasteiger partial charge in [0, 0.05) is 0 Å². The quantitative estimate of drug-likeness (QED) is 0.864. The Morgan fingerprint density at radius 1 is 1.18 bits per heavy atom. The van der Waals surface area contributed by atoms with Crippen LogP contribution in [-0.4, -0.2) is 18.2 Å². The Balaban J connectivity index is 2.34. The highest BCUT2D eigenvalue weighted by Gasteiger charge is 2.24. The smallest absolute Gasteiger partial charge is 0.315 e. The number of aliphatic hydroxyl groups excluding tert-OH is 1. The van der Waals surface area contributed by atoms with E-state index in [1.165, 1.54) is 7.11 Å². The summed E-state index contributed by atoms with van der Waals surface area (Å²) in [6, 6.07) is 12.0. The second-order valence-electron chi connectivity index (χ2n) is 6.09. The SMILES string of the molecule is COC(=O)C(C)(C)C=Cc1ccc2ccc([C@@H](C)O)cc2c1. The van der Waals surface area contributed by atoms with Gasteiger partial charge >= 0.3 is 5.97 Å². The lowest BCUT2D eigenvalue weighted by Crippen LogP contribution is -2.22. The molecule has 3 nitrogen and oxygen atoms in total. The van der Waals surface area contributed by atoms with Gasteiger partial charge in [-0.05, 0) is 54.8 Å². The van der Waals surface area contributed by atoms with Crippen molar-refractivity contribution in [3.05, 3.63) is 53.6 Å². The molecule has 0 fully saturated rings. The molecule has 0 radical (unpaired) electrons. The zero-order valence-corrected chi connectivity index (χ0v) is 13.5. The Morgan fingerprint density at radius 3 is 2.50 bits per heavy atom. The van der Waals surface area contributed by atoms with E-state index in [1.54, 1.807) is 6.92 Å². The van der Waals surface area contributed by atoms with Gasteiger partial charge in [0.25, 0.3) is 0 Å². The van der Waals surface area contributed by atoms with E-state index in [4.69, 9.17) is 4.74 Å². The number of esters is 1. The summed E-state index contributed by atoms with van der Waals surface area (Å²) in [5.74, 6) is -0.263. The summed E-state index contributed by atoms with van der Waals surface area (Å²) in [5, 5.41) is 11.9. The predicted molar refractivity (Wildman–Crippen MR) is 89.4 cm³/mol. The average molecular weight is 298 g/mol. The van der Waals surface area contributed by atoms with Crippen LogP contribution in [0.15, 0.2) is 42.5 Å². The number of rotatable bonds is 4. The molecule has 0 saturated carbocycles. The fourth-order valence-corrected chi connectivity index (χ4v) is 2.28. The molecule has 0 aliphatic heterocycles. The van der Waals surface area contributed by atoms with Gasteiger partial charge in [-0.3, -0.25) is 4.79 Å². The molecule has 0 amide bonds. The third-order valence-electron chi connectivity index (χ3n) is 3.77. The van der Waals surface area contributed by atoms with Crippen molar-refractivity contribution in [1.82, 2.24) is 0 Å². The molecule has 0 aliphatic rings. The molecule has 3 heteroatoms. The molecule has 0 spiro atoms. The standard InChI is InChI=1S/C19H22O3/c1-13(20)16-8-7-15-6-5-14(11-17(15)12-16)9-10-19(2,3)18(21)22-4/h5-13,20H,1-4H3/t13-/m1/s1. The van der Waals surface area contributed by atoms with E-state index in [0.29, 0.717) is 0 Å². The number of fused-ring (bicyclic) bond motifs is 1. The molecule has 0 heterocycles. The van der Waals surface area contributed by atoms with E-state index in [2.05, 4.69) is 0 Å². The topological polar surface area (TPSA) is 46.5 Å². The van der Waals surface area contributed by atoms with Crippen LogP contribution in [0.4, 0.5) is 0 Å². The Morgan fingerprint density at radius 2 is 1.86 bits per heavy atom. The van der Waals surface area contributed by atoms with E-state index in [-0.39, 0.29) is 5.97 Å². The van der Waals surface area contributed by atoms with Crippen molar-refractivity contribution in [3.63, 3.8) is 0 Å². The van der Waals surface area contributed by atoms with E-state index in [9.17, 15) is 9.90 Å². The largest absolute Gasteiger partial charge is 0.468 e. The van der Waals surface area contributed by atoms with Crippen LogP contribution in [0.25, 0.3) is 16.8 Å². The Kier molecular flexibility index (Phi) is 4.67. The van der Waals surface area contributed by atoms with E-state index >= 15 is 0 Å². The second kappa shape index (κ2) is 6.32. The van der Waals surface area contributed by atoms with Gasteiger partial charge in [-0.15, -0.1) is 0 Å². The highest BCUT2D eigenvalue weighted by molar-refractivity contribution is 5.86. The van der Waals surface area contributed by atoms with Crippen molar-refractivity contribution in [1.29, 1.82) is 0 Å². The van der Waals surface area contributed by atoms with Gasteiger partial charge in [-0.2, -0.15) is 0 Å². The lowest BCUT2D eigenvalue weighted by atomic mass is 9.92. The number of hydrogen-bond donors (Lipinski definition) is 1. The number of carbonyl (C=O) groups excluding carboxylic acids is 1. The molecule has 2 aromatic rings. The first-order chi connectivity index (χ1) is 10.3. The Labute approximate surface area is 131 Å². The summed E-state index contributed by atoms with van der Waals surface area (Å²) >= 11 is 0. The minimum atomic E-state index is -0.662. The normalized spacial score (nSPS) is 13.5. The molecule has 1 N–H and O–H groups in total. The Hall–Kier alpha value is -2.13. The Bertz CT molecular complexity index is 712. The van der Waals surface area contributed by atoms with Gasteiger partial charge in [0.05, 0.1) is 18.6 Å². The van der Waals surface area contributed by atoms with E-state index < -0.39 is 11.5 Å². The van der Waals surface area contributed by atoms with Crippen molar-refractivity contribution in [2.45, 2.75) is 26.9 Å². The number of benzene rings is 2. The fourth-order valence-electron chi connectivity index (χ4n) is 2.28. The summed E-state index contributed by atoms with van der Waals surface area (Å²) in [5.41, 5.74) is 1.24. The monoisotopic (exact) mass is 298 g/mol. The number of carbonyl (C=O) groups is 1. The van der Waals surface area contributed by atoms with Crippen molar-refractivity contribution >= 4 is 22.8 Å². The number of aliphatic hydroxyl groups is 1. The third kappa shape index (κ3) is 3.55. The zero-order valence-electron chi connectivity index (χ0n) is 13.5. The maximum absolute atomic E-state index is 11.7. The lowest BCUT2D eigenvalue weighted by molar-refractivity contribution is -0.148. The molecule has 0 bridgehead atoms. The molecule has 0 aliphatic carbocycles. The van der Waals surface area contributed by atoms with Crippen LogP contribution >= 0.6 is 0 Å². The maximum Gasteiger partial charge on any atom is 0.315 e. The van der Waals surface area contributed by atoms with E-state index in [1.807, 2.05) is 62.4 Å². The van der Waals surface area contributed by atoms with Gasteiger partial charge < -0.3 is 9.84 Å². The summed E-state index contributed by atoms with van der Waals surface area (Å²) in [7, 11) is 1.39. The minimum absolute atomic E-state index is 0.263. The first-order valence-electron chi connectivity index (χ1n) is 7.33. The van der Waals surface area contributed by atoms with Crippen molar-refractivity contribution < 1.29 is 14.6 Å². The fraction of sp³-hybridized carbons (Fsp3) is 0.316. The van der Waals surface area contributed by atoms with Gasteiger partial charge in [0.2, 0.25) is 0 Å². The molecule has 0 aromatic heterocycles. The molecular formula is C19H22O3. The first kappa shape index (κ1) is 16.2. The van der Waals surface area contributed by atoms with Gasteiger partial charge in [-0.25, -0.2) is 0 Å². The van der Waals surface area contributed by atoms with Gasteiger partial charge in [0.15, 0.2) is 0 Å². The maximum atomic E-state index is 11.7. The van der Waals surface area contributed by atoms with Crippen LogP contribution in [0.2, 0.25) is 0 Å². The summed E-state index contributed by atoms with van der Waals surface area (Å²) in [6.45, 7) is 5.40. The highest BCUT2D eigenvalue weighted by atomic mass is 16.5. The molecule has 116 valence electrons. The summed E-state index contributed by atoms with van der Waals surface area (Å²) in [6.07, 6.45) is 3.28. The highest BCUT2D eigenvalue weighted by Crippen LogP contribution is 2.24. The molecule has 2 rings (SSSR count). The summed E-state index contributed by atoms with van der Waals surface area (Å²) in [4.78, 5) is 11.7. The molecule has 1 atom stereocenters. The molecule has 0 unspecified atom stereocenters. The molecule has 22 heavy (non-hydrogen) atoms. The molecular weight excluding hydrogens is 276 g/mol. The zero-order chi connectivity index (χ0) is 16.3. The van der Waals surface area contributed by atoms with Crippen molar-refractivity contribution in [2.75, 3.05) is 7.11 Å². The van der Waals surface area contributed by atoms with Crippen LogP contribution in [0, 0.1) is 5.41 Å². The van der Waals surface area contributed by atoms with Crippen LogP contribution in [0.1, 0.15) is 38.0 Å². The number of methoxy groups -OCH3 is 1. The van der Waals surface area contributed by atoms with Gasteiger partial charge in [0.1, 0.15) is 0 Å². The summed E-state index contributed by atoms with van der Waals surface area (Å²) < 4.78 is 4.80. The number of hydrogen-bond acceptors (Lipinski definition) is 3. The van der Waals surface area contributed by atoms with Crippen molar-refractivity contribution in [2.24, 2.45) is 5.41 Å². The van der Waals surface area contributed by atoms with Gasteiger partial charge in [-0.1, -0.05) is 36.4 Å². The van der Waals surface area contributed by atoms with Crippen LogP contribution in [-0.2, 0) is 9.53 Å². The van der Waals surface area contributed by atoms with Crippen LogP contribution < -0.4 is 0 Å². The van der Waals surface area contributed by atoms with E-state index in [0.717, 1.165) is 21.9 Å². The predicted octanol–water partition coefficient (Wildman–Crippen LogP) is 4.11. The van der Waals surface area contributed by atoms with Crippen molar-refractivity contribution in [3.8, 4) is 0 Å². The van der Waals surface area contributed by atoms with Crippen LogP contribution in [0.5, 0.6) is 0 Å². The lowest BCUT2D eigenvalue weighted by Gasteiger charge is -2.16. The second-order valence-corrected chi connectivity index (χ2v) is 6.09. The number of ether oxygens (including phenoxy) is 1.